The highest BCUT2D eigenvalue weighted by Crippen LogP contribution is 2.23. The summed E-state index contributed by atoms with van der Waals surface area (Å²) in [7, 11) is 0. The van der Waals surface area contributed by atoms with Crippen molar-refractivity contribution in [2.75, 3.05) is 6.54 Å². The summed E-state index contributed by atoms with van der Waals surface area (Å²) >= 11 is 0. The van der Waals surface area contributed by atoms with Gasteiger partial charge in [0.1, 0.15) is 0 Å². The lowest BCUT2D eigenvalue weighted by atomic mass is 10.0. The lowest BCUT2D eigenvalue weighted by Crippen LogP contribution is -2.38. The van der Waals surface area contributed by atoms with Gasteiger partial charge in [-0.25, -0.2) is 0 Å². The van der Waals surface area contributed by atoms with E-state index in [0.717, 1.165) is 19.4 Å². The molecule has 6 heteroatoms. The predicted molar refractivity (Wildman–Crippen MR) is 83.7 cm³/mol. The van der Waals surface area contributed by atoms with E-state index >= 15 is 0 Å². The van der Waals surface area contributed by atoms with E-state index in [-0.39, 0.29) is 18.9 Å². The highest BCUT2D eigenvalue weighted by Gasteiger charge is 2.23. The maximum absolute atomic E-state index is 11.9. The number of likely N-dealkylation sites (tertiary alicyclic amines) is 1. The van der Waals surface area contributed by atoms with Gasteiger partial charge in [0, 0.05) is 30.9 Å². The van der Waals surface area contributed by atoms with Crippen LogP contribution in [0.4, 0.5) is 0 Å². The molecular weight excluding hydrogens is 284 g/mol. The normalized spacial score (nSPS) is 21.0. The molecule has 2 atom stereocenters. The van der Waals surface area contributed by atoms with Crippen LogP contribution in [0, 0.1) is 0 Å². The van der Waals surface area contributed by atoms with E-state index in [1.54, 1.807) is 11.5 Å². The van der Waals surface area contributed by atoms with Crippen LogP contribution in [0.15, 0.2) is 10.9 Å². The highest BCUT2D eigenvalue weighted by atomic mass is 16.3. The number of hydrogen-bond acceptors (Lipinski definition) is 5. The van der Waals surface area contributed by atoms with Gasteiger partial charge in [-0.3, -0.25) is 9.69 Å². The summed E-state index contributed by atoms with van der Waals surface area (Å²) in [4.78, 5) is 14.2. The number of aromatic hydroxyl groups is 1. The van der Waals surface area contributed by atoms with Crippen LogP contribution in [0.1, 0.15) is 44.5 Å². The summed E-state index contributed by atoms with van der Waals surface area (Å²) in [6.45, 7) is 5.09. The van der Waals surface area contributed by atoms with E-state index < -0.39 is 11.5 Å². The summed E-state index contributed by atoms with van der Waals surface area (Å²) in [5, 5.41) is 29.4. The van der Waals surface area contributed by atoms with Crippen molar-refractivity contribution in [1.82, 2.24) is 9.47 Å². The second-order valence-corrected chi connectivity index (χ2v) is 6.23. The van der Waals surface area contributed by atoms with E-state index in [1.807, 2.05) is 0 Å². The molecule has 124 valence electrons. The Labute approximate surface area is 130 Å². The van der Waals surface area contributed by atoms with Crippen molar-refractivity contribution in [1.29, 1.82) is 0 Å². The molecule has 3 N–H and O–H groups in total. The minimum atomic E-state index is -0.635. The lowest BCUT2D eigenvalue weighted by molar-refractivity contribution is 0.137. The Kier molecular flexibility index (Phi) is 5.61. The Morgan fingerprint density at radius 1 is 1.41 bits per heavy atom. The Morgan fingerprint density at radius 3 is 2.73 bits per heavy atom. The SMILES string of the molecule is CC(O)Cn1c(CO)cc(=O)c(O)c1CN1CCCCC1C. The van der Waals surface area contributed by atoms with Gasteiger partial charge in [0.05, 0.1) is 18.4 Å². The Hall–Kier alpha value is -1.37. The van der Waals surface area contributed by atoms with Crippen LogP contribution in [0.2, 0.25) is 0 Å². The first-order chi connectivity index (χ1) is 10.4. The third kappa shape index (κ3) is 3.69. The van der Waals surface area contributed by atoms with Gasteiger partial charge in [-0.1, -0.05) is 6.42 Å². The van der Waals surface area contributed by atoms with E-state index in [9.17, 15) is 20.1 Å². The molecule has 0 saturated carbocycles. The molecule has 0 bridgehead atoms. The molecule has 0 radical (unpaired) electrons. The zero-order valence-corrected chi connectivity index (χ0v) is 13.3. The maximum Gasteiger partial charge on any atom is 0.223 e. The minimum Gasteiger partial charge on any atom is -0.503 e. The third-order valence-corrected chi connectivity index (χ3v) is 4.38. The zero-order chi connectivity index (χ0) is 16.3. The van der Waals surface area contributed by atoms with Gasteiger partial charge in [-0.05, 0) is 33.2 Å². The molecule has 2 rings (SSSR count). The number of aliphatic hydroxyl groups excluding tert-OH is 2. The van der Waals surface area contributed by atoms with E-state index in [2.05, 4.69) is 11.8 Å². The summed E-state index contributed by atoms with van der Waals surface area (Å²) in [6.07, 6.45) is 2.76. The van der Waals surface area contributed by atoms with E-state index in [1.165, 1.54) is 12.5 Å². The molecule has 0 amide bonds. The quantitative estimate of drug-likeness (QED) is 0.749. The molecule has 22 heavy (non-hydrogen) atoms. The van der Waals surface area contributed by atoms with Gasteiger partial charge in [0.15, 0.2) is 5.75 Å². The predicted octanol–water partition coefficient (Wildman–Crippen LogP) is 0.801. The Balaban J connectivity index is 2.42. The average Bonchev–Trinajstić information content (AvgIpc) is 2.48. The van der Waals surface area contributed by atoms with Crippen LogP contribution in [0.5, 0.6) is 5.75 Å². The molecule has 1 aromatic heterocycles. The molecule has 0 aromatic carbocycles. The highest BCUT2D eigenvalue weighted by molar-refractivity contribution is 5.30. The molecule has 1 aliphatic rings. The molecule has 1 saturated heterocycles. The fourth-order valence-corrected chi connectivity index (χ4v) is 3.11. The van der Waals surface area contributed by atoms with Crippen molar-refractivity contribution in [2.45, 2.75) is 65.0 Å². The fourth-order valence-electron chi connectivity index (χ4n) is 3.11. The molecule has 1 fully saturated rings. The zero-order valence-electron chi connectivity index (χ0n) is 13.3. The first kappa shape index (κ1) is 17.0. The van der Waals surface area contributed by atoms with Crippen LogP contribution in [-0.4, -0.2) is 43.5 Å². The van der Waals surface area contributed by atoms with Gasteiger partial charge >= 0.3 is 0 Å². The Bertz CT molecular complexity index is 568. The largest absolute Gasteiger partial charge is 0.503 e. The number of nitrogens with zero attached hydrogens (tertiary/aromatic N) is 2. The van der Waals surface area contributed by atoms with Crippen molar-refractivity contribution in [3.05, 3.63) is 27.7 Å². The topological polar surface area (TPSA) is 85.9 Å². The van der Waals surface area contributed by atoms with E-state index in [4.69, 9.17) is 0 Å². The van der Waals surface area contributed by atoms with Gasteiger partial charge in [0.25, 0.3) is 0 Å². The number of hydrogen-bond donors (Lipinski definition) is 3. The molecule has 6 nitrogen and oxygen atoms in total. The molecule has 1 aromatic rings. The lowest BCUT2D eigenvalue weighted by Gasteiger charge is -2.34. The van der Waals surface area contributed by atoms with Gasteiger partial charge in [-0.15, -0.1) is 0 Å². The molecular formula is C16H26N2O4. The molecule has 0 aliphatic carbocycles. The summed E-state index contributed by atoms with van der Waals surface area (Å²) < 4.78 is 1.67. The standard InChI is InChI=1S/C16H26N2O4/c1-11-5-3-4-6-17(11)9-14-16(22)15(21)7-13(10-19)18(14)8-12(2)20/h7,11-12,19-20,22H,3-6,8-10H2,1-2H3. The Morgan fingerprint density at radius 2 is 2.14 bits per heavy atom. The number of rotatable bonds is 5. The van der Waals surface area contributed by atoms with E-state index in [0.29, 0.717) is 24.0 Å². The first-order valence-corrected chi connectivity index (χ1v) is 7.91. The second kappa shape index (κ2) is 7.26. The van der Waals surface area contributed by atoms with Crippen molar-refractivity contribution in [3.8, 4) is 5.75 Å². The third-order valence-electron chi connectivity index (χ3n) is 4.38. The number of aromatic nitrogens is 1. The molecule has 1 aliphatic heterocycles. The van der Waals surface area contributed by atoms with Gasteiger partial charge in [-0.2, -0.15) is 0 Å². The van der Waals surface area contributed by atoms with Crippen LogP contribution in [0.3, 0.4) is 0 Å². The minimum absolute atomic E-state index is 0.237. The summed E-state index contributed by atoms with van der Waals surface area (Å²) in [6, 6.07) is 1.63. The van der Waals surface area contributed by atoms with Crippen molar-refractivity contribution in [3.63, 3.8) is 0 Å². The van der Waals surface area contributed by atoms with Gasteiger partial charge in [0.2, 0.25) is 5.43 Å². The van der Waals surface area contributed by atoms with Crippen LogP contribution >= 0.6 is 0 Å². The summed E-state index contributed by atoms with van der Waals surface area (Å²) in [5.74, 6) is -0.282. The maximum atomic E-state index is 11.9. The van der Waals surface area contributed by atoms with Crippen molar-refractivity contribution < 1.29 is 15.3 Å². The van der Waals surface area contributed by atoms with Crippen LogP contribution in [0.25, 0.3) is 0 Å². The number of piperidine rings is 1. The first-order valence-electron chi connectivity index (χ1n) is 7.91. The smallest absolute Gasteiger partial charge is 0.223 e. The van der Waals surface area contributed by atoms with Gasteiger partial charge < -0.3 is 19.9 Å². The average molecular weight is 310 g/mol. The van der Waals surface area contributed by atoms with Crippen LogP contribution < -0.4 is 5.43 Å². The molecule has 0 spiro atoms. The van der Waals surface area contributed by atoms with Crippen molar-refractivity contribution >= 4 is 0 Å². The fraction of sp³-hybridized carbons (Fsp3) is 0.688. The monoisotopic (exact) mass is 310 g/mol. The van der Waals surface area contributed by atoms with Crippen LogP contribution in [-0.2, 0) is 19.7 Å². The second-order valence-electron chi connectivity index (χ2n) is 6.23. The van der Waals surface area contributed by atoms with Crippen molar-refractivity contribution in [2.24, 2.45) is 0 Å². The number of pyridine rings is 1. The summed E-state index contributed by atoms with van der Waals surface area (Å²) in [5.41, 5.74) is 0.417. The molecule has 2 unspecified atom stereocenters. The molecule has 2 heterocycles. The number of aliphatic hydroxyl groups is 2.